The summed E-state index contributed by atoms with van der Waals surface area (Å²) in [5.41, 5.74) is -2.08. The van der Waals surface area contributed by atoms with E-state index in [-0.39, 0.29) is 18.7 Å². The Balaban J connectivity index is 2.30. The first-order valence-electron chi connectivity index (χ1n) is 7.14. The second-order valence-electron chi connectivity index (χ2n) is 6.07. The number of ketones is 1. The van der Waals surface area contributed by atoms with Gasteiger partial charge in [-0.3, -0.25) is 9.59 Å². The molecule has 0 saturated carbocycles. The molecule has 0 aliphatic carbocycles. The Morgan fingerprint density at radius 1 is 1.59 bits per heavy atom. The van der Waals surface area contributed by atoms with Crippen LogP contribution in [-0.2, 0) is 19.1 Å². The number of hydrogen-bond acceptors (Lipinski definition) is 5. The highest BCUT2D eigenvalue weighted by molar-refractivity contribution is 6.08. The molecule has 0 aromatic rings. The third kappa shape index (κ3) is 2.45. The van der Waals surface area contributed by atoms with Gasteiger partial charge in [0.25, 0.3) is 5.91 Å². The molecule has 1 N–H and O–H groups in total. The van der Waals surface area contributed by atoms with Gasteiger partial charge in [-0.1, -0.05) is 6.58 Å². The molecule has 1 amide bonds. The van der Waals surface area contributed by atoms with Gasteiger partial charge in [0, 0.05) is 18.5 Å². The SMILES string of the molecule is C#CCCN1C(=O)[C@@](O)(C(=C)C(C)=O)[C@@H]1[C@H]1COC(C)(C)O1. The van der Waals surface area contributed by atoms with Crippen molar-refractivity contribution in [2.24, 2.45) is 0 Å². The Morgan fingerprint density at radius 3 is 2.68 bits per heavy atom. The van der Waals surface area contributed by atoms with Crippen LogP contribution < -0.4 is 0 Å². The Bertz CT molecular complexity index is 561. The van der Waals surface area contributed by atoms with Crippen molar-refractivity contribution in [3.8, 4) is 12.3 Å². The van der Waals surface area contributed by atoms with Gasteiger partial charge in [0.2, 0.25) is 0 Å². The minimum absolute atomic E-state index is 0.132. The van der Waals surface area contributed by atoms with E-state index < -0.39 is 35.2 Å². The highest BCUT2D eigenvalue weighted by Gasteiger charge is 2.66. The molecule has 6 heteroatoms. The van der Waals surface area contributed by atoms with E-state index in [0.29, 0.717) is 6.42 Å². The Labute approximate surface area is 130 Å². The monoisotopic (exact) mass is 307 g/mol. The second kappa shape index (κ2) is 5.51. The van der Waals surface area contributed by atoms with Crippen LogP contribution in [0.25, 0.3) is 0 Å². The fourth-order valence-electron chi connectivity index (χ4n) is 2.97. The van der Waals surface area contributed by atoms with Crippen LogP contribution in [0.15, 0.2) is 12.2 Å². The van der Waals surface area contributed by atoms with Gasteiger partial charge in [-0.25, -0.2) is 0 Å². The molecule has 2 rings (SSSR count). The summed E-state index contributed by atoms with van der Waals surface area (Å²) in [5, 5.41) is 10.8. The van der Waals surface area contributed by atoms with Gasteiger partial charge in [0.1, 0.15) is 12.1 Å². The lowest BCUT2D eigenvalue weighted by Crippen LogP contribution is -2.78. The van der Waals surface area contributed by atoms with E-state index in [9.17, 15) is 14.7 Å². The number of hydrogen-bond donors (Lipinski definition) is 1. The summed E-state index contributed by atoms with van der Waals surface area (Å²) in [6, 6.07) is -0.730. The lowest BCUT2D eigenvalue weighted by Gasteiger charge is -2.54. The molecule has 0 radical (unpaired) electrons. The van der Waals surface area contributed by atoms with Crippen LogP contribution in [0.2, 0.25) is 0 Å². The fourth-order valence-corrected chi connectivity index (χ4v) is 2.97. The van der Waals surface area contributed by atoms with E-state index in [4.69, 9.17) is 15.9 Å². The molecule has 2 aliphatic heterocycles. The van der Waals surface area contributed by atoms with Crippen molar-refractivity contribution in [2.45, 2.75) is 50.7 Å². The van der Waals surface area contributed by atoms with Crippen LogP contribution in [0.1, 0.15) is 27.2 Å². The first-order chi connectivity index (χ1) is 10.1. The fraction of sp³-hybridized carbons (Fsp3) is 0.625. The van der Waals surface area contributed by atoms with E-state index >= 15 is 0 Å². The third-order valence-electron chi connectivity index (χ3n) is 4.12. The number of likely N-dealkylation sites (tertiary alicyclic amines) is 1. The summed E-state index contributed by atoms with van der Waals surface area (Å²) in [6.45, 7) is 8.85. The van der Waals surface area contributed by atoms with Crippen LogP contribution >= 0.6 is 0 Å². The third-order valence-corrected chi connectivity index (χ3v) is 4.12. The maximum Gasteiger partial charge on any atom is 0.262 e. The van der Waals surface area contributed by atoms with Crippen molar-refractivity contribution in [3.63, 3.8) is 0 Å². The average Bonchev–Trinajstić information content (AvgIpc) is 2.80. The number of ether oxygens (including phenoxy) is 2. The first-order valence-corrected chi connectivity index (χ1v) is 7.14. The van der Waals surface area contributed by atoms with Crippen molar-refractivity contribution in [2.75, 3.05) is 13.2 Å². The lowest BCUT2D eigenvalue weighted by molar-refractivity contribution is -0.206. The van der Waals surface area contributed by atoms with Crippen molar-refractivity contribution < 1.29 is 24.2 Å². The van der Waals surface area contributed by atoms with Gasteiger partial charge in [0.15, 0.2) is 17.2 Å². The first kappa shape index (κ1) is 16.7. The van der Waals surface area contributed by atoms with Crippen LogP contribution in [0.4, 0.5) is 0 Å². The largest absolute Gasteiger partial charge is 0.374 e. The molecule has 2 heterocycles. The summed E-state index contributed by atoms with van der Waals surface area (Å²) < 4.78 is 11.3. The number of β-lactam (4-membered cyclic amide) rings is 1. The number of rotatable bonds is 5. The van der Waals surface area contributed by atoms with Gasteiger partial charge in [-0.05, 0) is 20.8 Å². The average molecular weight is 307 g/mol. The summed E-state index contributed by atoms with van der Waals surface area (Å²) in [4.78, 5) is 25.4. The number of amides is 1. The second-order valence-corrected chi connectivity index (χ2v) is 6.07. The maximum absolute atomic E-state index is 12.4. The van der Waals surface area contributed by atoms with E-state index in [1.165, 1.54) is 11.8 Å². The smallest absolute Gasteiger partial charge is 0.262 e. The number of carbonyl (C=O) groups is 2. The van der Waals surface area contributed by atoms with E-state index in [1.54, 1.807) is 13.8 Å². The molecule has 0 aromatic carbocycles. The molecule has 3 atom stereocenters. The number of Topliss-reactive ketones (excluding diaryl/α,β-unsaturated/α-hetero) is 1. The number of aliphatic hydroxyl groups is 1. The lowest BCUT2D eigenvalue weighted by atomic mass is 9.73. The number of nitrogens with zero attached hydrogens (tertiary/aromatic N) is 1. The van der Waals surface area contributed by atoms with E-state index in [2.05, 4.69) is 12.5 Å². The molecule has 6 nitrogen and oxygen atoms in total. The van der Waals surface area contributed by atoms with Crippen LogP contribution in [0.3, 0.4) is 0 Å². The maximum atomic E-state index is 12.4. The van der Waals surface area contributed by atoms with E-state index in [0.717, 1.165) is 0 Å². The molecule has 2 fully saturated rings. The topological polar surface area (TPSA) is 76.1 Å². The van der Waals surface area contributed by atoms with Crippen LogP contribution in [0.5, 0.6) is 0 Å². The quantitative estimate of drug-likeness (QED) is 0.447. The van der Waals surface area contributed by atoms with Crippen molar-refractivity contribution in [1.29, 1.82) is 0 Å². The minimum atomic E-state index is -1.95. The summed E-state index contributed by atoms with van der Waals surface area (Å²) >= 11 is 0. The minimum Gasteiger partial charge on any atom is -0.374 e. The zero-order chi connectivity index (χ0) is 16.7. The van der Waals surface area contributed by atoms with Crippen molar-refractivity contribution in [3.05, 3.63) is 12.2 Å². The van der Waals surface area contributed by atoms with Gasteiger partial charge in [0.05, 0.1) is 6.61 Å². The predicted octanol–water partition coefficient (Wildman–Crippen LogP) is 0.248. The van der Waals surface area contributed by atoms with Crippen LogP contribution in [-0.4, -0.2) is 58.4 Å². The molecule has 120 valence electrons. The van der Waals surface area contributed by atoms with Gasteiger partial charge in [-0.15, -0.1) is 12.3 Å². The zero-order valence-electron chi connectivity index (χ0n) is 13.1. The predicted molar refractivity (Wildman–Crippen MR) is 78.6 cm³/mol. The van der Waals surface area contributed by atoms with Crippen molar-refractivity contribution >= 4 is 11.7 Å². The highest BCUT2D eigenvalue weighted by atomic mass is 16.7. The zero-order valence-corrected chi connectivity index (χ0v) is 13.1. The Morgan fingerprint density at radius 2 is 2.23 bits per heavy atom. The van der Waals surface area contributed by atoms with Gasteiger partial charge in [-0.2, -0.15) is 0 Å². The summed E-state index contributed by atoms with van der Waals surface area (Å²) in [5.74, 6) is 0.648. The molecule has 22 heavy (non-hydrogen) atoms. The summed E-state index contributed by atoms with van der Waals surface area (Å²) in [6.07, 6.45) is 5.04. The van der Waals surface area contributed by atoms with Crippen LogP contribution in [0, 0.1) is 12.3 Å². The highest BCUT2D eigenvalue weighted by Crippen LogP contribution is 2.42. The number of terminal acetylenes is 1. The molecule has 2 aliphatic rings. The molecule has 0 spiro atoms. The number of carbonyl (C=O) groups excluding carboxylic acids is 2. The molecule has 2 saturated heterocycles. The normalized spacial score (nSPS) is 33.2. The van der Waals surface area contributed by atoms with Gasteiger partial charge >= 0.3 is 0 Å². The molecule has 0 aromatic heterocycles. The van der Waals surface area contributed by atoms with Crippen molar-refractivity contribution in [1.82, 2.24) is 4.90 Å². The Hall–Kier alpha value is -1.68. The molecule has 0 bridgehead atoms. The standard InChI is InChI=1S/C16H21NO5/c1-6-7-8-17-13(12-9-21-15(4,5)22-12)16(20,14(17)19)10(2)11(3)18/h1,12-13,20H,2,7-9H2,3-5H3/t12-,13+,16-/m1/s1. The summed E-state index contributed by atoms with van der Waals surface area (Å²) in [7, 11) is 0. The molecule has 0 unspecified atom stereocenters. The Kier molecular flexibility index (Phi) is 4.18. The van der Waals surface area contributed by atoms with Gasteiger partial charge < -0.3 is 19.5 Å². The molecular formula is C16H21NO5. The van der Waals surface area contributed by atoms with E-state index in [1.807, 2.05) is 0 Å². The molecular weight excluding hydrogens is 286 g/mol.